The van der Waals surface area contributed by atoms with Gasteiger partial charge in [-0.1, -0.05) is 54.2 Å². The van der Waals surface area contributed by atoms with Crippen molar-refractivity contribution in [2.75, 3.05) is 19.0 Å². The number of imidazole rings is 1. The molecule has 2 heterocycles. The molecule has 30 heavy (non-hydrogen) atoms. The Hall–Kier alpha value is -2.57. The highest BCUT2D eigenvalue weighted by Crippen LogP contribution is 2.28. The van der Waals surface area contributed by atoms with Crippen LogP contribution in [0.25, 0.3) is 11.3 Å². The molecule has 0 N–H and O–H groups in total. The Bertz CT molecular complexity index is 981. The maximum atomic E-state index is 11.8. The van der Waals surface area contributed by atoms with Gasteiger partial charge in [0.25, 0.3) is 0 Å². The monoisotopic (exact) mass is 422 g/mol. The molecule has 1 atom stereocenters. The van der Waals surface area contributed by atoms with Gasteiger partial charge in [0.2, 0.25) is 0 Å². The highest BCUT2D eigenvalue weighted by atomic mass is 32.2. The van der Waals surface area contributed by atoms with Crippen molar-refractivity contribution in [2.45, 2.75) is 37.6 Å². The molecular weight excluding hydrogens is 396 g/mol. The van der Waals surface area contributed by atoms with E-state index in [1.54, 1.807) is 24.8 Å². The minimum absolute atomic E-state index is 0.0119. The van der Waals surface area contributed by atoms with E-state index in [1.165, 1.54) is 0 Å². The van der Waals surface area contributed by atoms with Gasteiger partial charge in [-0.3, -0.25) is 4.79 Å². The van der Waals surface area contributed by atoms with Gasteiger partial charge in [0.05, 0.1) is 36.7 Å². The van der Waals surface area contributed by atoms with E-state index in [-0.39, 0.29) is 11.9 Å². The quantitative estimate of drug-likeness (QED) is 0.273. The molecule has 0 radical (unpaired) electrons. The number of hydrogen-bond acceptors (Lipinski definition) is 5. The Morgan fingerprint density at radius 1 is 1.20 bits per heavy atom. The van der Waals surface area contributed by atoms with E-state index in [9.17, 15) is 4.79 Å². The van der Waals surface area contributed by atoms with Crippen LogP contribution in [0.3, 0.4) is 0 Å². The molecule has 0 bridgehead atoms. The summed E-state index contributed by atoms with van der Waals surface area (Å²) in [6.45, 7) is 3.71. The van der Waals surface area contributed by atoms with Crippen molar-refractivity contribution >= 4 is 17.5 Å². The van der Waals surface area contributed by atoms with Gasteiger partial charge in [-0.2, -0.15) is 0 Å². The highest BCUT2D eigenvalue weighted by molar-refractivity contribution is 7.99. The van der Waals surface area contributed by atoms with Crippen LogP contribution in [0.1, 0.15) is 30.1 Å². The molecule has 1 unspecified atom stereocenters. The molecule has 1 aliphatic heterocycles. The molecule has 1 aliphatic rings. The summed E-state index contributed by atoms with van der Waals surface area (Å²) in [5, 5.41) is 0.966. The summed E-state index contributed by atoms with van der Waals surface area (Å²) < 4.78 is 14.0. The van der Waals surface area contributed by atoms with E-state index >= 15 is 0 Å². The molecular formula is C24H26N2O3S. The number of benzene rings is 2. The fourth-order valence-electron chi connectivity index (χ4n) is 3.65. The van der Waals surface area contributed by atoms with Crippen molar-refractivity contribution < 1.29 is 14.3 Å². The molecule has 2 aromatic carbocycles. The SMILES string of the molecule is CC(=O)c1ccccc1OCCSc1ncc(-c2ccccc2)n1CC1CCCO1. The lowest BCUT2D eigenvalue weighted by Crippen LogP contribution is -2.16. The molecule has 0 aliphatic carbocycles. The fourth-order valence-corrected chi connectivity index (χ4v) is 4.45. The molecule has 0 spiro atoms. The maximum Gasteiger partial charge on any atom is 0.168 e. The van der Waals surface area contributed by atoms with Crippen molar-refractivity contribution in [3.05, 3.63) is 66.4 Å². The second kappa shape index (κ2) is 9.96. The zero-order valence-electron chi connectivity index (χ0n) is 17.1. The third-order valence-corrected chi connectivity index (χ3v) is 6.09. The molecule has 0 amide bonds. The van der Waals surface area contributed by atoms with Gasteiger partial charge in [-0.05, 0) is 37.5 Å². The Morgan fingerprint density at radius 3 is 2.77 bits per heavy atom. The molecule has 4 rings (SSSR count). The predicted octanol–water partition coefficient (Wildman–Crippen LogP) is 5.10. The number of thioether (sulfide) groups is 1. The van der Waals surface area contributed by atoms with Crippen LogP contribution < -0.4 is 4.74 Å². The first-order valence-electron chi connectivity index (χ1n) is 10.3. The molecule has 1 fully saturated rings. The third kappa shape index (κ3) is 4.94. The smallest absolute Gasteiger partial charge is 0.168 e. The first kappa shape index (κ1) is 20.7. The number of hydrogen-bond donors (Lipinski definition) is 0. The summed E-state index contributed by atoms with van der Waals surface area (Å²) in [4.78, 5) is 16.4. The van der Waals surface area contributed by atoms with Gasteiger partial charge in [-0.25, -0.2) is 4.98 Å². The predicted molar refractivity (Wildman–Crippen MR) is 119 cm³/mol. The summed E-state index contributed by atoms with van der Waals surface area (Å²) in [5.41, 5.74) is 2.88. The third-order valence-electron chi connectivity index (χ3n) is 5.14. The fraction of sp³-hybridized carbons (Fsp3) is 0.333. The lowest BCUT2D eigenvalue weighted by Gasteiger charge is -2.16. The van der Waals surface area contributed by atoms with Gasteiger partial charge in [0.1, 0.15) is 5.75 Å². The number of para-hydroxylation sites is 1. The number of aromatic nitrogens is 2. The van der Waals surface area contributed by atoms with E-state index in [1.807, 2.05) is 42.6 Å². The van der Waals surface area contributed by atoms with Crippen molar-refractivity contribution in [1.29, 1.82) is 0 Å². The van der Waals surface area contributed by atoms with Crippen LogP contribution >= 0.6 is 11.8 Å². The largest absolute Gasteiger partial charge is 0.492 e. The van der Waals surface area contributed by atoms with E-state index < -0.39 is 0 Å². The topological polar surface area (TPSA) is 53.3 Å². The minimum atomic E-state index is 0.0119. The van der Waals surface area contributed by atoms with Gasteiger partial charge in [0.15, 0.2) is 10.9 Å². The number of rotatable bonds is 9. The first-order chi connectivity index (χ1) is 14.7. The molecule has 1 saturated heterocycles. The van der Waals surface area contributed by atoms with Gasteiger partial charge in [0, 0.05) is 12.4 Å². The molecule has 5 nitrogen and oxygen atoms in total. The maximum absolute atomic E-state index is 11.8. The molecule has 6 heteroatoms. The normalized spacial score (nSPS) is 16.0. The summed E-state index contributed by atoms with van der Waals surface area (Å²) in [6.07, 6.45) is 4.38. The Labute approximate surface area is 181 Å². The van der Waals surface area contributed by atoms with Crippen LogP contribution in [-0.4, -0.2) is 40.4 Å². The molecule has 156 valence electrons. The van der Waals surface area contributed by atoms with Crippen LogP contribution in [0.15, 0.2) is 66.0 Å². The van der Waals surface area contributed by atoms with Gasteiger partial charge < -0.3 is 14.0 Å². The second-order valence-corrected chi connectivity index (χ2v) is 8.35. The van der Waals surface area contributed by atoms with E-state index in [0.717, 1.165) is 48.2 Å². The van der Waals surface area contributed by atoms with Crippen molar-refractivity contribution in [1.82, 2.24) is 9.55 Å². The number of carbonyl (C=O) groups excluding carboxylic acids is 1. The molecule has 3 aromatic rings. The van der Waals surface area contributed by atoms with E-state index in [4.69, 9.17) is 9.47 Å². The number of nitrogens with zero attached hydrogens (tertiary/aromatic N) is 2. The number of ether oxygens (including phenoxy) is 2. The minimum Gasteiger partial charge on any atom is -0.492 e. The highest BCUT2D eigenvalue weighted by Gasteiger charge is 2.20. The standard InChI is InChI=1S/C24H26N2O3S/c1-18(27)21-11-5-6-12-23(21)29-14-15-30-24-25-16-22(19-8-3-2-4-9-19)26(24)17-20-10-7-13-28-20/h2-6,8-9,11-12,16,20H,7,10,13-15,17H2,1H3. The zero-order valence-corrected chi connectivity index (χ0v) is 17.9. The van der Waals surface area contributed by atoms with Crippen LogP contribution in [0.5, 0.6) is 5.75 Å². The Morgan fingerprint density at radius 2 is 2.00 bits per heavy atom. The van der Waals surface area contributed by atoms with Crippen LogP contribution in [0, 0.1) is 0 Å². The van der Waals surface area contributed by atoms with E-state index in [0.29, 0.717) is 17.9 Å². The van der Waals surface area contributed by atoms with Gasteiger partial charge >= 0.3 is 0 Å². The second-order valence-electron chi connectivity index (χ2n) is 7.29. The average molecular weight is 423 g/mol. The first-order valence-corrected chi connectivity index (χ1v) is 11.3. The Balaban J connectivity index is 1.44. The summed E-state index contributed by atoms with van der Waals surface area (Å²) >= 11 is 1.67. The summed E-state index contributed by atoms with van der Waals surface area (Å²) in [5.74, 6) is 1.39. The van der Waals surface area contributed by atoms with Gasteiger partial charge in [-0.15, -0.1) is 0 Å². The summed E-state index contributed by atoms with van der Waals surface area (Å²) in [7, 11) is 0. The molecule has 1 aromatic heterocycles. The van der Waals surface area contributed by atoms with Crippen LogP contribution in [-0.2, 0) is 11.3 Å². The van der Waals surface area contributed by atoms with E-state index in [2.05, 4.69) is 21.7 Å². The Kier molecular flexibility index (Phi) is 6.87. The molecule has 0 saturated carbocycles. The van der Waals surface area contributed by atoms with Crippen LogP contribution in [0.2, 0.25) is 0 Å². The summed E-state index contributed by atoms with van der Waals surface area (Å²) in [6, 6.07) is 17.7. The average Bonchev–Trinajstić information content (AvgIpc) is 3.43. The lowest BCUT2D eigenvalue weighted by atomic mass is 10.1. The van der Waals surface area contributed by atoms with Crippen LogP contribution in [0.4, 0.5) is 0 Å². The number of ketones is 1. The number of carbonyl (C=O) groups is 1. The van der Waals surface area contributed by atoms with Crippen molar-refractivity contribution in [3.63, 3.8) is 0 Å². The van der Waals surface area contributed by atoms with Crippen molar-refractivity contribution in [2.24, 2.45) is 0 Å². The zero-order chi connectivity index (χ0) is 20.8. The number of Topliss-reactive ketones (excluding diaryl/α,β-unsaturated/α-hetero) is 1. The van der Waals surface area contributed by atoms with Crippen molar-refractivity contribution in [3.8, 4) is 17.0 Å². The lowest BCUT2D eigenvalue weighted by molar-refractivity contribution is 0.0953.